The first kappa shape index (κ1) is 24.9. The van der Waals surface area contributed by atoms with Crippen LogP contribution in [0.15, 0.2) is 48.5 Å². The van der Waals surface area contributed by atoms with Gasteiger partial charge >= 0.3 is 18.4 Å². The van der Waals surface area contributed by atoms with Crippen molar-refractivity contribution in [3.05, 3.63) is 70.8 Å². The van der Waals surface area contributed by atoms with E-state index in [1.165, 1.54) is 7.05 Å². The highest BCUT2D eigenvalue weighted by Gasteiger charge is 2.37. The number of halogens is 6. The summed E-state index contributed by atoms with van der Waals surface area (Å²) in [5.41, 5.74) is -1.95. The molecule has 2 atom stereocenters. The first-order valence-corrected chi connectivity index (χ1v) is 10.4. The van der Waals surface area contributed by atoms with E-state index < -0.39 is 36.2 Å². The van der Waals surface area contributed by atoms with Crippen molar-refractivity contribution in [2.45, 2.75) is 37.9 Å². The summed E-state index contributed by atoms with van der Waals surface area (Å²) in [6.45, 7) is 0.324. The zero-order valence-corrected chi connectivity index (χ0v) is 17.8. The topological polar surface area (TPSA) is 41.6 Å². The maximum Gasteiger partial charge on any atom is 0.416 e. The molecule has 0 spiro atoms. The summed E-state index contributed by atoms with van der Waals surface area (Å²) in [7, 11) is 1.52. The molecule has 3 rings (SSSR count). The molecule has 1 heterocycles. The van der Waals surface area contributed by atoms with E-state index >= 15 is 0 Å². The van der Waals surface area contributed by atoms with Crippen molar-refractivity contribution in [1.82, 2.24) is 10.2 Å². The summed E-state index contributed by atoms with van der Waals surface area (Å²) in [4.78, 5) is 13.7. The predicted octanol–water partition coefficient (Wildman–Crippen LogP) is 5.51. The van der Waals surface area contributed by atoms with E-state index in [2.05, 4.69) is 5.32 Å². The number of hydrogen-bond donors (Lipinski definition) is 1. The van der Waals surface area contributed by atoms with E-state index in [1.54, 1.807) is 4.90 Å². The second-order valence-corrected chi connectivity index (χ2v) is 8.00. The molecule has 0 bridgehead atoms. The summed E-state index contributed by atoms with van der Waals surface area (Å²) >= 11 is 0. The van der Waals surface area contributed by atoms with Crippen LogP contribution in [-0.4, -0.2) is 37.2 Å². The normalized spacial score (nSPS) is 19.4. The van der Waals surface area contributed by atoms with Gasteiger partial charge in [0.25, 0.3) is 0 Å². The van der Waals surface area contributed by atoms with Gasteiger partial charge in [0.05, 0.1) is 23.8 Å². The molecule has 4 nitrogen and oxygen atoms in total. The van der Waals surface area contributed by atoms with Gasteiger partial charge in [-0.3, -0.25) is 0 Å². The molecule has 1 aliphatic rings. The number of carbonyl (C=O) groups is 1. The quantitative estimate of drug-likeness (QED) is 0.581. The summed E-state index contributed by atoms with van der Waals surface area (Å²) in [5, 5.41) is 2.57. The number of nitrogens with zero attached hydrogens (tertiary/aromatic N) is 1. The summed E-state index contributed by atoms with van der Waals surface area (Å²) in [6.07, 6.45) is -9.30. The van der Waals surface area contributed by atoms with Crippen molar-refractivity contribution in [3.63, 3.8) is 0 Å². The monoisotopic (exact) mass is 474 g/mol. The Morgan fingerprint density at radius 3 is 2.15 bits per heavy atom. The Balaban J connectivity index is 1.79. The number of alkyl halides is 6. The molecule has 2 amide bonds. The van der Waals surface area contributed by atoms with Crippen LogP contribution in [0.2, 0.25) is 0 Å². The van der Waals surface area contributed by atoms with Crippen molar-refractivity contribution in [1.29, 1.82) is 0 Å². The first-order chi connectivity index (χ1) is 15.5. The first-order valence-electron chi connectivity index (χ1n) is 10.4. The number of hydrogen-bond acceptors (Lipinski definition) is 2. The molecule has 0 saturated carbocycles. The van der Waals surface area contributed by atoms with E-state index in [-0.39, 0.29) is 23.6 Å². The summed E-state index contributed by atoms with van der Waals surface area (Å²) < 4.78 is 84.7. The third kappa shape index (κ3) is 6.63. The molecule has 0 radical (unpaired) electrons. The average Bonchev–Trinajstić information content (AvgIpc) is 2.77. The van der Waals surface area contributed by atoms with Gasteiger partial charge < -0.3 is 15.0 Å². The van der Waals surface area contributed by atoms with Gasteiger partial charge in [0, 0.05) is 26.1 Å². The maximum absolute atomic E-state index is 13.1. The number of ether oxygens (including phenoxy) is 1. The number of likely N-dealkylation sites (tertiary alicyclic amines) is 1. The molecule has 1 fully saturated rings. The zero-order valence-electron chi connectivity index (χ0n) is 17.8. The van der Waals surface area contributed by atoms with E-state index in [9.17, 15) is 31.1 Å². The maximum atomic E-state index is 13.1. The van der Waals surface area contributed by atoms with Crippen LogP contribution in [0.5, 0.6) is 0 Å². The number of rotatable bonds is 5. The number of piperidine rings is 1. The molecular formula is C23H24F6N2O2. The van der Waals surface area contributed by atoms with Crippen LogP contribution < -0.4 is 5.32 Å². The highest BCUT2D eigenvalue weighted by Crippen LogP contribution is 2.37. The van der Waals surface area contributed by atoms with Crippen molar-refractivity contribution in [2.75, 3.05) is 20.1 Å². The Hall–Kier alpha value is -2.75. The molecule has 180 valence electrons. The molecule has 33 heavy (non-hydrogen) atoms. The van der Waals surface area contributed by atoms with E-state index in [1.807, 2.05) is 30.3 Å². The van der Waals surface area contributed by atoms with Crippen LogP contribution >= 0.6 is 0 Å². The molecule has 10 heteroatoms. The van der Waals surface area contributed by atoms with Gasteiger partial charge in [-0.2, -0.15) is 26.3 Å². The van der Waals surface area contributed by atoms with Crippen molar-refractivity contribution in [3.8, 4) is 0 Å². The lowest BCUT2D eigenvalue weighted by atomic mass is 9.88. The van der Waals surface area contributed by atoms with Crippen LogP contribution in [-0.2, 0) is 30.1 Å². The van der Waals surface area contributed by atoms with Gasteiger partial charge in [-0.1, -0.05) is 30.3 Å². The smallest absolute Gasteiger partial charge is 0.373 e. The highest BCUT2D eigenvalue weighted by molar-refractivity contribution is 5.73. The summed E-state index contributed by atoms with van der Waals surface area (Å²) in [5.74, 6) is -0.175. The fourth-order valence-electron chi connectivity index (χ4n) is 3.99. The van der Waals surface area contributed by atoms with Gasteiger partial charge in [-0.15, -0.1) is 0 Å². The third-order valence-corrected chi connectivity index (χ3v) is 5.62. The van der Waals surface area contributed by atoms with Crippen molar-refractivity contribution >= 4 is 6.03 Å². The lowest BCUT2D eigenvalue weighted by molar-refractivity contribution is -0.143. The van der Waals surface area contributed by atoms with Crippen molar-refractivity contribution in [2.24, 2.45) is 5.92 Å². The van der Waals surface area contributed by atoms with Crippen molar-refractivity contribution < 1.29 is 35.9 Å². The molecule has 2 aromatic rings. The molecule has 1 saturated heterocycles. The third-order valence-electron chi connectivity index (χ3n) is 5.62. The molecule has 2 aromatic carbocycles. The van der Waals surface area contributed by atoms with Crippen LogP contribution in [0, 0.1) is 5.92 Å². The van der Waals surface area contributed by atoms with Crippen LogP contribution in [0.4, 0.5) is 31.1 Å². The lowest BCUT2D eigenvalue weighted by Gasteiger charge is -2.38. The summed E-state index contributed by atoms with van der Waals surface area (Å²) in [6, 6.07) is 10.6. The molecule has 1 N–H and O–H groups in total. The largest absolute Gasteiger partial charge is 0.416 e. The van der Waals surface area contributed by atoms with E-state index in [0.717, 1.165) is 5.56 Å². The number of carbonyl (C=O) groups excluding carboxylic acids is 1. The van der Waals surface area contributed by atoms with Crippen LogP contribution in [0.3, 0.4) is 0 Å². The van der Waals surface area contributed by atoms with Gasteiger partial charge in [0.2, 0.25) is 0 Å². The SMILES string of the molecule is CNC(=O)N1CC[C@@H](OCc2cc(C(F)(F)F)cc(C(F)(F)F)c2)[C@@H](Cc2ccccc2)C1. The number of amides is 2. The molecule has 0 aromatic heterocycles. The molecule has 1 aliphatic heterocycles. The second-order valence-electron chi connectivity index (χ2n) is 8.00. The minimum atomic E-state index is -4.91. The van der Waals surface area contributed by atoms with E-state index in [0.29, 0.717) is 38.1 Å². The second kappa shape index (κ2) is 10.0. The van der Waals surface area contributed by atoms with E-state index in [4.69, 9.17) is 4.74 Å². The molecule has 0 aliphatic carbocycles. The minimum absolute atomic E-state index is 0.101. The fourth-order valence-corrected chi connectivity index (χ4v) is 3.99. The molecule has 0 unspecified atom stereocenters. The minimum Gasteiger partial charge on any atom is -0.373 e. The fraction of sp³-hybridized carbons (Fsp3) is 0.435. The zero-order chi connectivity index (χ0) is 24.2. The Kier molecular flexibility index (Phi) is 7.56. The number of nitrogens with one attached hydrogen (secondary N) is 1. The highest BCUT2D eigenvalue weighted by atomic mass is 19.4. The lowest BCUT2D eigenvalue weighted by Crippen LogP contribution is -2.50. The van der Waals surface area contributed by atoms with Gasteiger partial charge in [-0.05, 0) is 42.2 Å². The average molecular weight is 474 g/mol. The van der Waals surface area contributed by atoms with Gasteiger partial charge in [0.1, 0.15) is 0 Å². The standard InChI is InChI=1S/C23H24F6N2O2/c1-30-21(32)31-8-7-20(17(13-31)9-15-5-3-2-4-6-15)33-14-16-10-18(22(24,25)26)12-19(11-16)23(27,28)29/h2-6,10-12,17,20H,7-9,13-14H2,1H3,(H,30,32)/t17-,20+/m0/s1. The van der Waals surface area contributed by atoms with Crippen LogP contribution in [0.1, 0.15) is 28.7 Å². The van der Waals surface area contributed by atoms with Crippen LogP contribution in [0.25, 0.3) is 0 Å². The Morgan fingerprint density at radius 1 is 1.00 bits per heavy atom. The Bertz CT molecular complexity index is 914. The van der Waals surface area contributed by atoms with Gasteiger partial charge in [-0.25, -0.2) is 4.79 Å². The molecular weight excluding hydrogens is 450 g/mol. The predicted molar refractivity (Wildman–Crippen MR) is 109 cm³/mol. The Labute approximate surface area is 187 Å². The number of benzene rings is 2. The Morgan fingerprint density at radius 2 is 1.61 bits per heavy atom. The number of urea groups is 1. The van der Waals surface area contributed by atoms with Gasteiger partial charge in [0.15, 0.2) is 0 Å².